The van der Waals surface area contributed by atoms with Gasteiger partial charge in [-0.1, -0.05) is 0 Å². The number of hydrogen-bond acceptors (Lipinski definition) is 5. The summed E-state index contributed by atoms with van der Waals surface area (Å²) >= 11 is 0. The number of sulfone groups is 1. The van der Waals surface area contributed by atoms with Crippen LogP contribution in [0.25, 0.3) is 0 Å². The third-order valence-corrected chi connectivity index (χ3v) is 5.98. The maximum atomic E-state index is 13.8. The van der Waals surface area contributed by atoms with Crippen LogP contribution in [-0.4, -0.2) is 35.7 Å². The second kappa shape index (κ2) is 5.64. The minimum Gasteiger partial charge on any atom is -0.329 e. The van der Waals surface area contributed by atoms with Gasteiger partial charge in [0.05, 0.1) is 4.90 Å². The Morgan fingerprint density at radius 2 is 1.95 bits per heavy atom. The van der Waals surface area contributed by atoms with Crippen LogP contribution in [0.15, 0.2) is 28.0 Å². The maximum Gasteiger partial charge on any atom is 0.240 e. The molecule has 118 valence electrons. The third-order valence-electron chi connectivity index (χ3n) is 3.36. The first-order valence-electron chi connectivity index (χ1n) is 6.37. The zero-order valence-electron chi connectivity index (χ0n) is 11.4. The van der Waals surface area contributed by atoms with E-state index in [9.17, 15) is 21.2 Å². The zero-order valence-corrected chi connectivity index (χ0v) is 13.0. The van der Waals surface area contributed by atoms with Crippen LogP contribution in [0.3, 0.4) is 0 Å². The van der Waals surface area contributed by atoms with Gasteiger partial charge in [0.1, 0.15) is 10.7 Å². The van der Waals surface area contributed by atoms with Gasteiger partial charge in [-0.3, -0.25) is 0 Å². The van der Waals surface area contributed by atoms with Gasteiger partial charge in [0.15, 0.2) is 9.84 Å². The predicted molar refractivity (Wildman–Crippen MR) is 75.4 cm³/mol. The Bertz CT molecular complexity index is 743. The lowest BCUT2D eigenvalue weighted by Crippen LogP contribution is -2.41. The molecule has 0 saturated heterocycles. The molecule has 0 spiro atoms. The molecule has 0 bridgehead atoms. The highest BCUT2D eigenvalue weighted by molar-refractivity contribution is 7.90. The Morgan fingerprint density at radius 1 is 1.33 bits per heavy atom. The molecule has 1 aromatic rings. The Labute approximate surface area is 123 Å². The second-order valence-electron chi connectivity index (χ2n) is 5.17. The SMILES string of the molecule is CS(=O)(=O)c1ccc(S(=O)(=O)NC(CN)C2CC2)cc1F. The van der Waals surface area contributed by atoms with Crippen molar-refractivity contribution in [1.29, 1.82) is 0 Å². The van der Waals surface area contributed by atoms with E-state index >= 15 is 0 Å². The molecular weight excluding hydrogens is 319 g/mol. The third kappa shape index (κ3) is 3.79. The molecule has 1 fully saturated rings. The van der Waals surface area contributed by atoms with Gasteiger partial charge in [-0.2, -0.15) is 0 Å². The molecule has 1 atom stereocenters. The first-order chi connectivity index (χ1) is 9.65. The summed E-state index contributed by atoms with van der Waals surface area (Å²) in [6.07, 6.45) is 2.67. The summed E-state index contributed by atoms with van der Waals surface area (Å²) in [4.78, 5) is -0.842. The van der Waals surface area contributed by atoms with E-state index < -0.39 is 30.6 Å². The molecule has 9 heteroatoms. The summed E-state index contributed by atoms with van der Waals surface area (Å²) in [6, 6.07) is 2.35. The van der Waals surface area contributed by atoms with Crippen molar-refractivity contribution in [2.75, 3.05) is 12.8 Å². The van der Waals surface area contributed by atoms with Crippen LogP contribution in [0.2, 0.25) is 0 Å². The van der Waals surface area contributed by atoms with Crippen LogP contribution < -0.4 is 10.5 Å². The Balaban J connectivity index is 2.30. The van der Waals surface area contributed by atoms with Crippen molar-refractivity contribution in [2.24, 2.45) is 11.7 Å². The fraction of sp³-hybridized carbons (Fsp3) is 0.500. The summed E-state index contributed by atoms with van der Waals surface area (Å²) in [5.74, 6) is -0.874. The van der Waals surface area contributed by atoms with Crippen molar-refractivity contribution < 1.29 is 21.2 Å². The molecule has 0 aliphatic heterocycles. The summed E-state index contributed by atoms with van der Waals surface area (Å²) in [6.45, 7) is 0.161. The van der Waals surface area contributed by atoms with Crippen molar-refractivity contribution in [3.63, 3.8) is 0 Å². The minimum atomic E-state index is -3.93. The largest absolute Gasteiger partial charge is 0.329 e. The van der Waals surface area contributed by atoms with Crippen molar-refractivity contribution in [3.8, 4) is 0 Å². The van der Waals surface area contributed by atoms with Gasteiger partial charge in [-0.25, -0.2) is 25.9 Å². The first-order valence-corrected chi connectivity index (χ1v) is 9.74. The fourth-order valence-electron chi connectivity index (χ4n) is 2.05. The average molecular weight is 336 g/mol. The highest BCUT2D eigenvalue weighted by atomic mass is 32.2. The van der Waals surface area contributed by atoms with Crippen molar-refractivity contribution in [2.45, 2.75) is 28.7 Å². The van der Waals surface area contributed by atoms with E-state index in [1.807, 2.05) is 0 Å². The Morgan fingerprint density at radius 3 is 2.38 bits per heavy atom. The molecular formula is C12H17FN2O4S2. The normalized spacial score (nSPS) is 17.7. The molecule has 0 aromatic heterocycles. The van der Waals surface area contributed by atoms with E-state index in [4.69, 9.17) is 5.73 Å². The van der Waals surface area contributed by atoms with Crippen LogP contribution in [0.1, 0.15) is 12.8 Å². The molecule has 21 heavy (non-hydrogen) atoms. The van der Waals surface area contributed by atoms with E-state index in [1.54, 1.807) is 0 Å². The summed E-state index contributed by atoms with van der Waals surface area (Å²) in [5, 5.41) is 0. The van der Waals surface area contributed by atoms with Gasteiger partial charge in [-0.15, -0.1) is 0 Å². The Hall–Kier alpha value is -1.03. The van der Waals surface area contributed by atoms with Gasteiger partial charge in [-0.05, 0) is 37.0 Å². The predicted octanol–water partition coefficient (Wildman–Crippen LogP) is 0.245. The van der Waals surface area contributed by atoms with Crippen molar-refractivity contribution in [1.82, 2.24) is 4.72 Å². The second-order valence-corrected chi connectivity index (χ2v) is 8.86. The van der Waals surface area contributed by atoms with Gasteiger partial charge in [0.2, 0.25) is 10.0 Å². The lowest BCUT2D eigenvalue weighted by molar-refractivity contribution is 0.517. The highest BCUT2D eigenvalue weighted by Crippen LogP contribution is 2.33. The monoisotopic (exact) mass is 336 g/mol. The maximum absolute atomic E-state index is 13.8. The Kier molecular flexibility index (Phi) is 4.39. The number of nitrogens with two attached hydrogens (primary N) is 1. The van der Waals surface area contributed by atoms with Gasteiger partial charge in [0.25, 0.3) is 0 Å². The molecule has 1 unspecified atom stereocenters. The van der Waals surface area contributed by atoms with Crippen LogP contribution >= 0.6 is 0 Å². The number of benzene rings is 1. The van der Waals surface area contributed by atoms with Gasteiger partial charge < -0.3 is 5.73 Å². The van der Waals surface area contributed by atoms with Crippen LogP contribution in [0, 0.1) is 11.7 Å². The van der Waals surface area contributed by atoms with E-state index in [2.05, 4.69) is 4.72 Å². The molecule has 0 radical (unpaired) electrons. The zero-order chi connectivity index (χ0) is 15.8. The van der Waals surface area contributed by atoms with Gasteiger partial charge in [0, 0.05) is 18.8 Å². The van der Waals surface area contributed by atoms with Crippen molar-refractivity contribution in [3.05, 3.63) is 24.0 Å². The topological polar surface area (TPSA) is 106 Å². The quantitative estimate of drug-likeness (QED) is 0.774. The summed E-state index contributed by atoms with van der Waals surface area (Å²) < 4.78 is 63.2. The van der Waals surface area contributed by atoms with E-state index in [1.165, 1.54) is 0 Å². The van der Waals surface area contributed by atoms with Crippen molar-refractivity contribution >= 4 is 19.9 Å². The fourth-order valence-corrected chi connectivity index (χ4v) is 4.11. The van der Waals surface area contributed by atoms with E-state index in [-0.39, 0.29) is 23.4 Å². The smallest absolute Gasteiger partial charge is 0.240 e. The lowest BCUT2D eigenvalue weighted by Gasteiger charge is -2.16. The highest BCUT2D eigenvalue weighted by Gasteiger charge is 2.33. The minimum absolute atomic E-state index is 0.161. The first kappa shape index (κ1) is 16.3. The van der Waals surface area contributed by atoms with Gasteiger partial charge >= 0.3 is 0 Å². The number of halogens is 1. The standard InChI is InChI=1S/C12H17FN2O4S2/c1-20(16,17)12-5-4-9(6-10(12)13)21(18,19)15-11(7-14)8-2-3-8/h4-6,8,11,15H,2-3,7,14H2,1H3. The van der Waals surface area contributed by atoms with E-state index in [0.29, 0.717) is 6.07 Å². The molecule has 1 aromatic carbocycles. The molecule has 1 saturated carbocycles. The molecule has 0 amide bonds. The number of hydrogen-bond donors (Lipinski definition) is 2. The molecule has 3 N–H and O–H groups in total. The summed E-state index contributed by atoms with van der Waals surface area (Å²) in [7, 11) is -7.66. The van der Waals surface area contributed by atoms with Crippen LogP contribution in [-0.2, 0) is 19.9 Å². The number of nitrogens with one attached hydrogen (secondary N) is 1. The molecule has 1 aliphatic carbocycles. The molecule has 2 rings (SSSR count). The van der Waals surface area contributed by atoms with Crippen LogP contribution in [0.4, 0.5) is 4.39 Å². The molecule has 0 heterocycles. The average Bonchev–Trinajstić information content (AvgIpc) is 3.18. The summed E-state index contributed by atoms with van der Waals surface area (Å²) in [5.41, 5.74) is 5.53. The van der Waals surface area contributed by atoms with E-state index in [0.717, 1.165) is 31.2 Å². The van der Waals surface area contributed by atoms with Crippen LogP contribution in [0.5, 0.6) is 0 Å². The number of sulfonamides is 1. The lowest BCUT2D eigenvalue weighted by atomic mass is 10.2. The number of rotatable bonds is 6. The molecule has 1 aliphatic rings. The molecule has 6 nitrogen and oxygen atoms in total.